The third kappa shape index (κ3) is 2.92. The summed E-state index contributed by atoms with van der Waals surface area (Å²) in [6, 6.07) is 0. The zero-order chi connectivity index (χ0) is 9.84. The molecule has 13 heavy (non-hydrogen) atoms. The van der Waals surface area contributed by atoms with E-state index in [-0.39, 0.29) is 0 Å². The lowest BCUT2D eigenvalue weighted by Gasteiger charge is -2.06. The average Bonchev–Trinajstić information content (AvgIpc) is 2.46. The molecule has 0 spiro atoms. The Hall–Kier alpha value is -0.150. The van der Waals surface area contributed by atoms with Crippen molar-refractivity contribution in [3.05, 3.63) is 21.7 Å². The van der Waals surface area contributed by atoms with Crippen molar-refractivity contribution in [2.75, 3.05) is 5.33 Å². The molecule has 1 nitrogen and oxygen atoms in total. The number of hydrogen-bond donors (Lipinski definition) is 0. The lowest BCUT2D eigenvalue weighted by molar-refractivity contribution is 0.781. The maximum atomic E-state index is 4.22. The third-order valence-corrected chi connectivity index (χ3v) is 3.52. The van der Waals surface area contributed by atoms with Crippen molar-refractivity contribution in [1.82, 2.24) is 4.98 Å². The molecule has 0 aliphatic rings. The molecule has 3 heteroatoms. The summed E-state index contributed by atoms with van der Waals surface area (Å²) in [4.78, 5) is 5.50. The van der Waals surface area contributed by atoms with Crippen LogP contribution < -0.4 is 0 Å². The van der Waals surface area contributed by atoms with Crippen LogP contribution in [0.1, 0.15) is 24.4 Å². The van der Waals surface area contributed by atoms with Gasteiger partial charge in [-0.1, -0.05) is 35.4 Å². The Morgan fingerprint density at radius 1 is 1.69 bits per heavy atom. The maximum Gasteiger partial charge on any atom is 0.0801 e. The van der Waals surface area contributed by atoms with Crippen LogP contribution in [0.2, 0.25) is 0 Å². The fourth-order valence-corrected chi connectivity index (χ4v) is 2.55. The smallest absolute Gasteiger partial charge is 0.0801 e. The Bertz CT molecular complexity index is 302. The van der Waals surface area contributed by atoms with Crippen LogP contribution >= 0.6 is 27.3 Å². The van der Waals surface area contributed by atoms with Crippen LogP contribution in [0.25, 0.3) is 6.08 Å². The highest BCUT2D eigenvalue weighted by Gasteiger charge is 2.04. The molecule has 0 aromatic carbocycles. The number of thiazole rings is 1. The van der Waals surface area contributed by atoms with Crippen LogP contribution in [0.3, 0.4) is 0 Å². The minimum atomic E-state index is 0.598. The van der Waals surface area contributed by atoms with Gasteiger partial charge in [0, 0.05) is 10.2 Å². The lowest BCUT2D eigenvalue weighted by Crippen LogP contribution is -1.94. The minimum absolute atomic E-state index is 0.598. The fourth-order valence-electron chi connectivity index (χ4n) is 0.977. The molecule has 1 aromatic rings. The van der Waals surface area contributed by atoms with E-state index < -0.39 is 0 Å². The Morgan fingerprint density at radius 3 is 2.77 bits per heavy atom. The first-order valence-corrected chi connectivity index (χ1v) is 6.31. The Balaban J connectivity index is 2.91. The van der Waals surface area contributed by atoms with Gasteiger partial charge in [-0.15, -0.1) is 11.3 Å². The van der Waals surface area contributed by atoms with Crippen molar-refractivity contribution in [2.24, 2.45) is 5.92 Å². The molecule has 0 amide bonds. The molecule has 0 radical (unpaired) electrons. The highest BCUT2D eigenvalue weighted by atomic mass is 79.9. The van der Waals surface area contributed by atoms with Crippen molar-refractivity contribution >= 4 is 33.3 Å². The molecule has 1 aromatic heterocycles. The molecular formula is C10H14BrNS. The van der Waals surface area contributed by atoms with Crippen LogP contribution in [-0.4, -0.2) is 10.3 Å². The standard InChI is InChI=1S/C10H14BrNS/c1-7(2)9(5-11)4-10-8(3)12-6-13-10/h4,6-7H,5H2,1-3H3. The van der Waals surface area contributed by atoms with E-state index in [2.05, 4.69) is 47.8 Å². The molecule has 0 fully saturated rings. The quantitative estimate of drug-likeness (QED) is 0.751. The van der Waals surface area contributed by atoms with E-state index >= 15 is 0 Å². The highest BCUT2D eigenvalue weighted by molar-refractivity contribution is 9.09. The first-order valence-electron chi connectivity index (χ1n) is 4.31. The van der Waals surface area contributed by atoms with E-state index in [1.54, 1.807) is 11.3 Å². The molecule has 0 bridgehead atoms. The SMILES string of the molecule is Cc1ncsc1C=C(CBr)C(C)C. The van der Waals surface area contributed by atoms with Crippen LogP contribution in [0.4, 0.5) is 0 Å². The van der Waals surface area contributed by atoms with Gasteiger partial charge in [-0.3, -0.25) is 0 Å². The summed E-state index contributed by atoms with van der Waals surface area (Å²) in [6.07, 6.45) is 2.24. The van der Waals surface area contributed by atoms with Crippen LogP contribution in [-0.2, 0) is 0 Å². The number of aryl methyl sites for hydroxylation is 1. The van der Waals surface area contributed by atoms with Crippen molar-refractivity contribution < 1.29 is 0 Å². The van der Waals surface area contributed by atoms with Gasteiger partial charge in [-0.2, -0.15) is 0 Å². The van der Waals surface area contributed by atoms with Gasteiger partial charge in [-0.25, -0.2) is 4.98 Å². The topological polar surface area (TPSA) is 12.9 Å². The van der Waals surface area contributed by atoms with Gasteiger partial charge in [0.25, 0.3) is 0 Å². The second kappa shape index (κ2) is 4.91. The predicted molar refractivity (Wildman–Crippen MR) is 63.5 cm³/mol. The molecular weight excluding hydrogens is 246 g/mol. The van der Waals surface area contributed by atoms with Gasteiger partial charge in [-0.05, 0) is 18.9 Å². The number of halogens is 1. The third-order valence-electron chi connectivity index (χ3n) is 1.99. The number of aromatic nitrogens is 1. The van der Waals surface area contributed by atoms with Crippen molar-refractivity contribution in [3.63, 3.8) is 0 Å². The number of rotatable bonds is 3. The van der Waals surface area contributed by atoms with E-state index in [0.717, 1.165) is 11.0 Å². The molecule has 0 aliphatic carbocycles. The zero-order valence-corrected chi connectivity index (χ0v) is 10.6. The number of nitrogens with zero attached hydrogens (tertiary/aromatic N) is 1. The van der Waals surface area contributed by atoms with Crippen molar-refractivity contribution in [1.29, 1.82) is 0 Å². The van der Waals surface area contributed by atoms with Gasteiger partial charge in [0.05, 0.1) is 11.2 Å². The normalized spacial score (nSPS) is 12.5. The summed E-state index contributed by atoms with van der Waals surface area (Å²) in [6.45, 7) is 6.47. The van der Waals surface area contributed by atoms with E-state index in [0.29, 0.717) is 5.92 Å². The summed E-state index contributed by atoms with van der Waals surface area (Å²) in [7, 11) is 0. The number of allylic oxidation sites excluding steroid dienone is 1. The minimum Gasteiger partial charge on any atom is -0.249 e. The summed E-state index contributed by atoms with van der Waals surface area (Å²) < 4.78 is 0. The highest BCUT2D eigenvalue weighted by Crippen LogP contribution is 2.21. The largest absolute Gasteiger partial charge is 0.249 e. The number of hydrogen-bond acceptors (Lipinski definition) is 2. The molecule has 0 atom stereocenters. The lowest BCUT2D eigenvalue weighted by atomic mass is 10.0. The maximum absolute atomic E-state index is 4.22. The Kier molecular flexibility index (Phi) is 4.13. The summed E-state index contributed by atoms with van der Waals surface area (Å²) in [5, 5.41) is 0.946. The van der Waals surface area contributed by atoms with Crippen molar-refractivity contribution in [2.45, 2.75) is 20.8 Å². The predicted octanol–water partition coefficient (Wildman–Crippen LogP) is 3.89. The summed E-state index contributed by atoms with van der Waals surface area (Å²) in [5.41, 5.74) is 4.45. The molecule has 72 valence electrons. The molecule has 0 N–H and O–H groups in total. The van der Waals surface area contributed by atoms with Gasteiger partial charge in [0.2, 0.25) is 0 Å². The van der Waals surface area contributed by atoms with Gasteiger partial charge < -0.3 is 0 Å². The van der Waals surface area contributed by atoms with E-state index in [9.17, 15) is 0 Å². The van der Waals surface area contributed by atoms with Crippen molar-refractivity contribution in [3.8, 4) is 0 Å². The van der Waals surface area contributed by atoms with E-state index in [1.165, 1.54) is 10.5 Å². The molecule has 0 aliphatic heterocycles. The molecule has 0 unspecified atom stereocenters. The van der Waals surface area contributed by atoms with E-state index in [1.807, 2.05) is 5.51 Å². The summed E-state index contributed by atoms with van der Waals surface area (Å²) >= 11 is 5.21. The molecule has 0 saturated carbocycles. The first-order chi connectivity index (χ1) is 6.15. The van der Waals surface area contributed by atoms with Gasteiger partial charge in [0.1, 0.15) is 0 Å². The van der Waals surface area contributed by atoms with Crippen LogP contribution in [0.15, 0.2) is 11.1 Å². The van der Waals surface area contributed by atoms with Gasteiger partial charge in [0.15, 0.2) is 0 Å². The Labute approximate surface area is 92.0 Å². The van der Waals surface area contributed by atoms with Crippen LogP contribution in [0, 0.1) is 12.8 Å². The fraction of sp³-hybridized carbons (Fsp3) is 0.500. The zero-order valence-electron chi connectivity index (χ0n) is 8.17. The molecule has 1 rings (SSSR count). The molecule has 0 saturated heterocycles. The average molecular weight is 260 g/mol. The number of alkyl halides is 1. The van der Waals surface area contributed by atoms with Gasteiger partial charge >= 0.3 is 0 Å². The first kappa shape index (κ1) is 10.9. The second-order valence-corrected chi connectivity index (χ2v) is 4.76. The van der Waals surface area contributed by atoms with E-state index in [4.69, 9.17) is 0 Å². The monoisotopic (exact) mass is 259 g/mol. The van der Waals surface area contributed by atoms with Crippen LogP contribution in [0.5, 0.6) is 0 Å². The summed E-state index contributed by atoms with van der Waals surface area (Å²) in [5.74, 6) is 0.598. The second-order valence-electron chi connectivity index (χ2n) is 3.31. The Morgan fingerprint density at radius 2 is 2.38 bits per heavy atom. The molecule has 1 heterocycles.